The summed E-state index contributed by atoms with van der Waals surface area (Å²) in [6.07, 6.45) is 5.84. The first kappa shape index (κ1) is 21.9. The number of rotatable bonds is 6. The number of hydrogen-bond acceptors (Lipinski definition) is 5. The van der Waals surface area contributed by atoms with Gasteiger partial charge in [0.2, 0.25) is 0 Å². The second kappa shape index (κ2) is 15.0. The number of epoxide rings is 1. The lowest BCUT2D eigenvalue weighted by atomic mass is 10.3. The van der Waals surface area contributed by atoms with Crippen LogP contribution >= 0.6 is 0 Å². The predicted octanol–water partition coefficient (Wildman–Crippen LogP) is 2.75. The second-order valence-electron chi connectivity index (χ2n) is 3.87. The van der Waals surface area contributed by atoms with Crippen LogP contribution in [0.2, 0.25) is 0 Å². The molecule has 22 heavy (non-hydrogen) atoms. The summed E-state index contributed by atoms with van der Waals surface area (Å²) in [6.45, 7) is 17.5. The molecule has 2 atom stereocenters. The quantitative estimate of drug-likeness (QED) is 0.248. The Hall–Kier alpha value is -2.36. The smallest absolute Gasteiger partial charge is 0.330 e. The number of esters is 2. The molecule has 0 aliphatic carbocycles. The van der Waals surface area contributed by atoms with Crippen LogP contribution in [-0.2, 0) is 23.8 Å². The number of hydrogen-bond donors (Lipinski definition) is 0. The molecule has 0 N–H and O–H groups in total. The van der Waals surface area contributed by atoms with E-state index in [0.29, 0.717) is 13.2 Å². The molecule has 1 saturated heterocycles. The molecular weight excluding hydrogens is 284 g/mol. The third-order valence-electron chi connectivity index (χ3n) is 2.08. The summed E-state index contributed by atoms with van der Waals surface area (Å²) < 4.78 is 14.3. The Kier molecular flexibility index (Phi) is 15.0. The van der Waals surface area contributed by atoms with Crippen LogP contribution in [0.1, 0.15) is 13.8 Å². The van der Waals surface area contributed by atoms with E-state index in [2.05, 4.69) is 36.8 Å². The fraction of sp³-hybridized carbons (Fsp3) is 0.353. The van der Waals surface area contributed by atoms with Crippen molar-refractivity contribution in [2.75, 3.05) is 13.2 Å². The van der Waals surface area contributed by atoms with Gasteiger partial charge >= 0.3 is 11.9 Å². The Morgan fingerprint density at radius 1 is 1.32 bits per heavy atom. The van der Waals surface area contributed by atoms with Crippen molar-refractivity contribution in [2.45, 2.75) is 26.1 Å². The highest BCUT2D eigenvalue weighted by atomic mass is 16.6. The molecule has 0 aromatic carbocycles. The van der Waals surface area contributed by atoms with Crippen LogP contribution in [0.15, 0.2) is 56.4 Å². The van der Waals surface area contributed by atoms with Gasteiger partial charge in [0.05, 0.1) is 6.61 Å². The molecule has 1 heterocycles. The van der Waals surface area contributed by atoms with Gasteiger partial charge in [0.15, 0.2) is 0 Å². The number of carbonyl (C=O) groups excluding carboxylic acids is 2. The molecule has 1 fully saturated rings. The summed E-state index contributed by atoms with van der Waals surface area (Å²) in [5, 5.41) is 0. The summed E-state index contributed by atoms with van der Waals surface area (Å²) in [5.41, 5.74) is 2.25. The lowest BCUT2D eigenvalue weighted by molar-refractivity contribution is -0.143. The van der Waals surface area contributed by atoms with E-state index in [1.54, 1.807) is 13.0 Å². The van der Waals surface area contributed by atoms with Gasteiger partial charge in [-0.3, -0.25) is 0 Å². The molecule has 0 amide bonds. The van der Waals surface area contributed by atoms with Crippen LogP contribution in [0.25, 0.3) is 0 Å². The molecule has 0 spiro atoms. The van der Waals surface area contributed by atoms with Gasteiger partial charge in [0.25, 0.3) is 0 Å². The number of carbonyl (C=O) groups is 2. The molecule has 0 bridgehead atoms. The summed E-state index contributed by atoms with van der Waals surface area (Å²) >= 11 is 0. The Labute approximate surface area is 132 Å². The first-order valence-corrected chi connectivity index (χ1v) is 6.60. The standard InChI is InChI=1S/C7H10O3.C7H10O2.C3H4/c1-3-7(8)10-5(2)6-4-9-6;1-3-5-6-9-7(8)4-2;1-3-2/h3,5-6H,1,4H2,2H3;3-5H,2,6H2,1H3;1-2H2. The summed E-state index contributed by atoms with van der Waals surface area (Å²) in [6, 6.07) is 0. The van der Waals surface area contributed by atoms with Crippen LogP contribution in [0, 0.1) is 0 Å². The van der Waals surface area contributed by atoms with Crippen molar-refractivity contribution in [1.29, 1.82) is 0 Å². The van der Waals surface area contributed by atoms with Crippen molar-refractivity contribution >= 4 is 11.9 Å². The van der Waals surface area contributed by atoms with Crippen LogP contribution in [0.4, 0.5) is 0 Å². The topological polar surface area (TPSA) is 65.1 Å². The normalized spacial score (nSPS) is 15.6. The minimum absolute atomic E-state index is 0.115. The third kappa shape index (κ3) is 15.7. The molecular formula is C17H24O5. The average Bonchev–Trinajstić information content (AvgIpc) is 3.33. The lowest BCUT2D eigenvalue weighted by Crippen LogP contribution is -2.18. The summed E-state index contributed by atoms with van der Waals surface area (Å²) in [7, 11) is 0. The highest BCUT2D eigenvalue weighted by Crippen LogP contribution is 2.16. The SMILES string of the molecule is C=C=C.C=CC(=O)OC(C)C1CO1.C=CC(=O)OCC=CC. The van der Waals surface area contributed by atoms with Gasteiger partial charge in [-0.2, -0.15) is 0 Å². The largest absolute Gasteiger partial charge is 0.458 e. The molecule has 122 valence electrons. The zero-order valence-corrected chi connectivity index (χ0v) is 13.2. The molecule has 1 rings (SSSR count). The predicted molar refractivity (Wildman–Crippen MR) is 86.2 cm³/mol. The molecule has 0 aromatic rings. The van der Waals surface area contributed by atoms with Crippen LogP contribution in [0.5, 0.6) is 0 Å². The van der Waals surface area contributed by atoms with Crippen molar-refractivity contribution in [3.05, 3.63) is 56.4 Å². The minimum Gasteiger partial charge on any atom is -0.458 e. The maximum absolute atomic E-state index is 10.6. The van der Waals surface area contributed by atoms with Gasteiger partial charge in [-0.25, -0.2) is 9.59 Å². The highest BCUT2D eigenvalue weighted by Gasteiger charge is 2.31. The zero-order valence-electron chi connectivity index (χ0n) is 13.2. The van der Waals surface area contributed by atoms with Crippen molar-refractivity contribution in [2.24, 2.45) is 0 Å². The first-order chi connectivity index (χ1) is 10.5. The van der Waals surface area contributed by atoms with Crippen molar-refractivity contribution in [1.82, 2.24) is 0 Å². The third-order valence-corrected chi connectivity index (χ3v) is 2.08. The van der Waals surface area contributed by atoms with Gasteiger partial charge < -0.3 is 14.2 Å². The fourth-order valence-electron chi connectivity index (χ4n) is 0.919. The van der Waals surface area contributed by atoms with E-state index in [1.165, 1.54) is 0 Å². The van der Waals surface area contributed by atoms with E-state index in [0.717, 1.165) is 12.2 Å². The second-order valence-corrected chi connectivity index (χ2v) is 3.87. The van der Waals surface area contributed by atoms with Crippen molar-refractivity contribution in [3.8, 4) is 0 Å². The first-order valence-electron chi connectivity index (χ1n) is 6.60. The van der Waals surface area contributed by atoms with Gasteiger partial charge in [-0.1, -0.05) is 38.5 Å². The Bertz CT molecular complexity index is 413. The van der Waals surface area contributed by atoms with Crippen molar-refractivity contribution in [3.63, 3.8) is 0 Å². The maximum atomic E-state index is 10.6. The Morgan fingerprint density at radius 3 is 2.18 bits per heavy atom. The molecule has 0 aromatic heterocycles. The molecule has 1 aliphatic rings. The minimum atomic E-state index is -0.386. The van der Waals surface area contributed by atoms with E-state index in [1.807, 2.05) is 13.0 Å². The van der Waals surface area contributed by atoms with Crippen LogP contribution in [-0.4, -0.2) is 37.4 Å². The fourth-order valence-corrected chi connectivity index (χ4v) is 0.919. The monoisotopic (exact) mass is 308 g/mol. The Balaban J connectivity index is 0. The lowest BCUT2D eigenvalue weighted by Gasteiger charge is -2.06. The number of ether oxygens (including phenoxy) is 3. The molecule has 5 heteroatoms. The molecule has 2 unspecified atom stereocenters. The van der Waals surface area contributed by atoms with E-state index in [4.69, 9.17) is 9.47 Å². The van der Waals surface area contributed by atoms with Crippen molar-refractivity contribution < 1.29 is 23.8 Å². The highest BCUT2D eigenvalue weighted by molar-refractivity contribution is 5.81. The molecule has 5 nitrogen and oxygen atoms in total. The zero-order chi connectivity index (χ0) is 17.4. The number of allylic oxidation sites excluding steroid dienone is 1. The van der Waals surface area contributed by atoms with Gasteiger partial charge in [-0.15, -0.1) is 5.73 Å². The molecule has 0 saturated carbocycles. The van der Waals surface area contributed by atoms with E-state index in [-0.39, 0.29) is 24.1 Å². The average molecular weight is 308 g/mol. The van der Waals surface area contributed by atoms with E-state index >= 15 is 0 Å². The Morgan fingerprint density at radius 2 is 1.82 bits per heavy atom. The van der Waals surface area contributed by atoms with E-state index < -0.39 is 0 Å². The van der Waals surface area contributed by atoms with Gasteiger partial charge in [0.1, 0.15) is 18.8 Å². The summed E-state index contributed by atoms with van der Waals surface area (Å²) in [5.74, 6) is -0.767. The van der Waals surface area contributed by atoms with E-state index in [9.17, 15) is 9.59 Å². The molecule has 0 radical (unpaired) electrons. The van der Waals surface area contributed by atoms with Gasteiger partial charge in [-0.05, 0) is 13.8 Å². The van der Waals surface area contributed by atoms with Crippen LogP contribution in [0.3, 0.4) is 0 Å². The summed E-state index contributed by atoms with van der Waals surface area (Å²) in [4.78, 5) is 20.9. The maximum Gasteiger partial charge on any atom is 0.330 e. The molecule has 1 aliphatic heterocycles. The van der Waals surface area contributed by atoms with Crippen LogP contribution < -0.4 is 0 Å². The van der Waals surface area contributed by atoms with Gasteiger partial charge in [0, 0.05) is 12.2 Å².